The molecule has 29 heavy (non-hydrogen) atoms. The van der Waals surface area contributed by atoms with E-state index < -0.39 is 15.1 Å². The summed E-state index contributed by atoms with van der Waals surface area (Å²) in [6.07, 6.45) is 7.34. The highest BCUT2D eigenvalue weighted by atomic mass is 32.2. The van der Waals surface area contributed by atoms with Gasteiger partial charge in [0, 0.05) is 38.5 Å². The molecule has 1 atom stereocenters. The average Bonchev–Trinajstić information content (AvgIpc) is 3.06. The van der Waals surface area contributed by atoms with Gasteiger partial charge >= 0.3 is 0 Å². The molecule has 0 saturated carbocycles. The zero-order valence-electron chi connectivity index (χ0n) is 17.0. The first-order chi connectivity index (χ1) is 13.7. The van der Waals surface area contributed by atoms with Crippen molar-refractivity contribution in [3.63, 3.8) is 0 Å². The molecule has 0 N–H and O–H groups in total. The number of aryl methyl sites for hydroxylation is 2. The lowest BCUT2D eigenvalue weighted by atomic mass is 10.1. The van der Waals surface area contributed by atoms with Crippen molar-refractivity contribution in [3.05, 3.63) is 42.1 Å². The van der Waals surface area contributed by atoms with Gasteiger partial charge in [0.15, 0.2) is 9.84 Å². The first-order valence-corrected chi connectivity index (χ1v) is 11.2. The van der Waals surface area contributed by atoms with Crippen LogP contribution in [0.25, 0.3) is 11.0 Å². The highest BCUT2D eigenvalue weighted by molar-refractivity contribution is 7.91. The number of hydrogen-bond donors (Lipinski definition) is 0. The van der Waals surface area contributed by atoms with Gasteiger partial charge < -0.3 is 9.47 Å². The molecule has 0 aliphatic rings. The summed E-state index contributed by atoms with van der Waals surface area (Å²) in [5, 5.41) is 8.20. The fourth-order valence-corrected chi connectivity index (χ4v) is 4.12. The summed E-state index contributed by atoms with van der Waals surface area (Å²) < 4.78 is 25.8. The van der Waals surface area contributed by atoms with E-state index in [0.29, 0.717) is 5.69 Å². The lowest BCUT2D eigenvalue weighted by molar-refractivity contribution is 0.583. The number of hydrogen-bond acceptors (Lipinski definition) is 7. The Balaban J connectivity index is 1.93. The number of rotatable bonds is 7. The maximum Gasteiger partial charge on any atom is 0.151 e. The van der Waals surface area contributed by atoms with Crippen molar-refractivity contribution in [2.24, 2.45) is 7.05 Å². The van der Waals surface area contributed by atoms with Crippen molar-refractivity contribution in [1.29, 1.82) is 5.26 Å². The predicted molar refractivity (Wildman–Crippen MR) is 113 cm³/mol. The molecular formula is C20H24N6O2S. The summed E-state index contributed by atoms with van der Waals surface area (Å²) >= 11 is 0. The molecule has 3 aromatic heterocycles. The van der Waals surface area contributed by atoms with Gasteiger partial charge in [-0.15, -0.1) is 0 Å². The number of aromatic nitrogens is 4. The van der Waals surface area contributed by atoms with E-state index in [-0.39, 0.29) is 12.8 Å². The smallest absolute Gasteiger partial charge is 0.151 e. The molecule has 152 valence electrons. The number of imidazole rings is 1. The molecule has 0 aliphatic carbocycles. The van der Waals surface area contributed by atoms with Gasteiger partial charge in [-0.1, -0.05) is 6.92 Å². The molecular weight excluding hydrogens is 388 g/mol. The number of pyridine rings is 2. The molecule has 1 unspecified atom stereocenters. The zero-order chi connectivity index (χ0) is 21.2. The van der Waals surface area contributed by atoms with Crippen molar-refractivity contribution in [2.75, 3.05) is 18.2 Å². The van der Waals surface area contributed by atoms with E-state index in [1.807, 2.05) is 48.7 Å². The Morgan fingerprint density at radius 3 is 2.66 bits per heavy atom. The molecule has 0 radical (unpaired) electrons. The zero-order valence-corrected chi connectivity index (χ0v) is 17.8. The lowest BCUT2D eigenvalue weighted by Crippen LogP contribution is -2.23. The molecule has 0 amide bonds. The van der Waals surface area contributed by atoms with E-state index >= 15 is 0 Å². The number of sulfone groups is 1. The van der Waals surface area contributed by atoms with Gasteiger partial charge in [-0.2, -0.15) is 5.26 Å². The van der Waals surface area contributed by atoms with Crippen LogP contribution in [0.5, 0.6) is 0 Å². The summed E-state index contributed by atoms with van der Waals surface area (Å²) in [6.45, 7) is 2.04. The van der Waals surface area contributed by atoms with Crippen molar-refractivity contribution in [3.8, 4) is 6.07 Å². The first kappa shape index (κ1) is 20.7. The minimum Gasteiger partial charge on any atom is -0.334 e. The molecule has 3 rings (SSSR count). The van der Waals surface area contributed by atoms with Crippen molar-refractivity contribution in [1.82, 2.24) is 19.5 Å². The maximum absolute atomic E-state index is 12.0. The lowest BCUT2D eigenvalue weighted by Gasteiger charge is -2.22. The topological polar surface area (TPSA) is 105 Å². The second kappa shape index (κ2) is 8.17. The second-order valence-corrected chi connectivity index (χ2v) is 9.45. The largest absolute Gasteiger partial charge is 0.334 e. The van der Waals surface area contributed by atoms with Crippen LogP contribution in [0.1, 0.15) is 24.6 Å². The average molecular weight is 413 g/mol. The third-order valence-corrected chi connectivity index (χ3v) is 6.61. The Hall–Kier alpha value is -2.99. The van der Waals surface area contributed by atoms with E-state index in [4.69, 9.17) is 5.26 Å². The van der Waals surface area contributed by atoms with Crippen LogP contribution >= 0.6 is 0 Å². The Bertz CT molecular complexity index is 1180. The molecule has 0 saturated heterocycles. The number of anilines is 2. The highest BCUT2D eigenvalue weighted by Crippen LogP contribution is 2.28. The van der Waals surface area contributed by atoms with E-state index in [1.54, 1.807) is 18.7 Å². The number of nitrogens with zero attached hydrogens (tertiary/aromatic N) is 6. The molecule has 3 heterocycles. The molecule has 9 heteroatoms. The number of fused-ring (bicyclic) bond motifs is 1. The van der Waals surface area contributed by atoms with E-state index in [0.717, 1.165) is 40.8 Å². The van der Waals surface area contributed by atoms with Crippen LogP contribution in [-0.2, 0) is 29.7 Å². The monoisotopic (exact) mass is 412 g/mol. The van der Waals surface area contributed by atoms with Crippen molar-refractivity contribution in [2.45, 2.75) is 31.4 Å². The SMILES string of the molecule is CCc1cc(CC(CC#N)S(C)(=O)=O)ncc1N(C)c1cc2c(cn1)ncn2C. The fraction of sp³-hybridized carbons (Fsp3) is 0.400. The summed E-state index contributed by atoms with van der Waals surface area (Å²) in [5.41, 5.74) is 4.42. The van der Waals surface area contributed by atoms with E-state index in [9.17, 15) is 8.42 Å². The molecule has 0 aliphatic heterocycles. The normalized spacial score (nSPS) is 12.7. The van der Waals surface area contributed by atoms with Crippen LogP contribution < -0.4 is 4.90 Å². The number of nitriles is 1. The van der Waals surface area contributed by atoms with Crippen LogP contribution in [0.15, 0.2) is 30.9 Å². The molecule has 8 nitrogen and oxygen atoms in total. The molecule has 0 bridgehead atoms. The molecule has 3 aromatic rings. The predicted octanol–water partition coefficient (Wildman–Crippen LogP) is 2.56. The highest BCUT2D eigenvalue weighted by Gasteiger charge is 2.22. The van der Waals surface area contributed by atoms with Gasteiger partial charge in [0.05, 0.1) is 47.7 Å². The van der Waals surface area contributed by atoms with E-state index in [1.165, 1.54) is 0 Å². The minimum absolute atomic E-state index is 0.0434. The minimum atomic E-state index is -3.32. The van der Waals surface area contributed by atoms with Gasteiger partial charge in [-0.3, -0.25) is 4.98 Å². The Morgan fingerprint density at radius 2 is 2.00 bits per heavy atom. The van der Waals surface area contributed by atoms with Gasteiger partial charge in [0.2, 0.25) is 0 Å². The maximum atomic E-state index is 12.0. The van der Waals surface area contributed by atoms with Gasteiger partial charge in [-0.25, -0.2) is 18.4 Å². The second-order valence-electron chi connectivity index (χ2n) is 7.12. The van der Waals surface area contributed by atoms with Crippen LogP contribution in [0, 0.1) is 11.3 Å². The third-order valence-electron chi connectivity index (χ3n) is 5.07. The summed E-state index contributed by atoms with van der Waals surface area (Å²) in [7, 11) is 0.538. The standard InChI is InChI=1S/C20H24N6O2S/c1-5-14-8-15(9-16(6-7-21)29(4,27)28)22-12-19(14)26(3)20-10-18-17(11-23-20)24-13-25(18)2/h8,10-13,16H,5-6,9H2,1-4H3. The summed E-state index contributed by atoms with van der Waals surface area (Å²) in [4.78, 5) is 15.2. The Kier molecular flexibility index (Phi) is 5.84. The van der Waals surface area contributed by atoms with Crippen LogP contribution in [0.2, 0.25) is 0 Å². The van der Waals surface area contributed by atoms with E-state index in [2.05, 4.69) is 15.0 Å². The van der Waals surface area contributed by atoms with Crippen molar-refractivity contribution < 1.29 is 8.42 Å². The van der Waals surface area contributed by atoms with Gasteiger partial charge in [0.1, 0.15) is 11.3 Å². The fourth-order valence-electron chi connectivity index (χ4n) is 3.27. The van der Waals surface area contributed by atoms with Gasteiger partial charge in [-0.05, 0) is 18.1 Å². The summed E-state index contributed by atoms with van der Waals surface area (Å²) in [6, 6.07) is 5.86. The van der Waals surface area contributed by atoms with Crippen molar-refractivity contribution >= 4 is 32.4 Å². The Labute approximate surface area is 170 Å². The van der Waals surface area contributed by atoms with Gasteiger partial charge in [0.25, 0.3) is 0 Å². The van der Waals surface area contributed by atoms with Crippen LogP contribution in [0.3, 0.4) is 0 Å². The first-order valence-electron chi connectivity index (χ1n) is 9.29. The molecule has 0 aromatic carbocycles. The van der Waals surface area contributed by atoms with Crippen LogP contribution in [0.4, 0.5) is 11.5 Å². The third kappa shape index (κ3) is 4.38. The summed E-state index contributed by atoms with van der Waals surface area (Å²) in [5.74, 6) is 0.767. The molecule has 0 fully saturated rings. The van der Waals surface area contributed by atoms with Crippen LogP contribution in [-0.4, -0.2) is 46.5 Å². The quantitative estimate of drug-likeness (QED) is 0.587. The Morgan fingerprint density at radius 1 is 1.24 bits per heavy atom. The molecule has 0 spiro atoms.